The van der Waals surface area contributed by atoms with Crippen molar-refractivity contribution in [3.8, 4) is 5.75 Å². The van der Waals surface area contributed by atoms with Crippen molar-refractivity contribution in [1.82, 2.24) is 5.32 Å². The van der Waals surface area contributed by atoms with E-state index in [9.17, 15) is 14.3 Å². The Labute approximate surface area is 172 Å². The molecular formula is C20H19ClNO4PS. The quantitative estimate of drug-likeness (QED) is 0.516. The molecule has 0 aliphatic rings. The molecule has 8 heteroatoms. The summed E-state index contributed by atoms with van der Waals surface area (Å²) >= 11 is 7.48. The molecule has 0 spiro atoms. The van der Waals surface area contributed by atoms with Gasteiger partial charge in [0.25, 0.3) is 0 Å². The van der Waals surface area contributed by atoms with Gasteiger partial charge in [0, 0.05) is 22.6 Å². The van der Waals surface area contributed by atoms with Crippen molar-refractivity contribution in [1.29, 1.82) is 0 Å². The number of hydrogen-bond acceptors (Lipinski definition) is 4. The van der Waals surface area contributed by atoms with E-state index in [0.717, 1.165) is 10.3 Å². The zero-order valence-electron chi connectivity index (χ0n) is 15.3. The molecule has 0 bridgehead atoms. The van der Waals surface area contributed by atoms with Gasteiger partial charge >= 0.3 is 0 Å². The number of carbonyl (C=O) groups is 1. The van der Waals surface area contributed by atoms with Crippen LogP contribution in [0.3, 0.4) is 0 Å². The third kappa shape index (κ3) is 4.65. The maximum atomic E-state index is 12.8. The normalized spacial score (nSPS) is 14.7. The van der Waals surface area contributed by atoms with E-state index in [1.807, 2.05) is 30.3 Å². The highest BCUT2D eigenvalue weighted by Crippen LogP contribution is 2.54. The number of hydrogen-bond donors (Lipinski definition) is 2. The number of thiophene rings is 1. The van der Waals surface area contributed by atoms with Crippen LogP contribution in [0.5, 0.6) is 5.75 Å². The Balaban J connectivity index is 1.87. The number of amides is 1. The van der Waals surface area contributed by atoms with Crippen LogP contribution in [0.25, 0.3) is 16.2 Å². The third-order valence-corrected chi connectivity index (χ3v) is 6.87. The number of halogens is 1. The summed E-state index contributed by atoms with van der Waals surface area (Å²) in [5.74, 6) is 0.147. The van der Waals surface area contributed by atoms with Crippen molar-refractivity contribution >= 4 is 52.4 Å². The standard InChI is InChI=1S/C20H19ClNO4PS/c1-26-15-5-3-4-13(10-15)8-9-22-20(23)19(27(2,24)25)17-12-28-18-7-6-14(21)11-16(17)18/h3-12,19H,1-2H3,(H,22,23)(H,24,25). The van der Waals surface area contributed by atoms with Gasteiger partial charge < -0.3 is 14.9 Å². The Morgan fingerprint density at radius 1 is 1.32 bits per heavy atom. The number of carbonyl (C=O) groups excluding carboxylic acids is 1. The monoisotopic (exact) mass is 435 g/mol. The highest BCUT2D eigenvalue weighted by molar-refractivity contribution is 7.58. The Hall–Kier alpha value is -2.11. The largest absolute Gasteiger partial charge is 0.497 e. The molecule has 3 aromatic rings. The van der Waals surface area contributed by atoms with Gasteiger partial charge in [-0.05, 0) is 58.3 Å². The van der Waals surface area contributed by atoms with E-state index >= 15 is 0 Å². The summed E-state index contributed by atoms with van der Waals surface area (Å²) < 4.78 is 18.6. The van der Waals surface area contributed by atoms with Gasteiger partial charge in [0.05, 0.1) is 7.11 Å². The molecule has 1 heterocycles. The van der Waals surface area contributed by atoms with Gasteiger partial charge in [0.2, 0.25) is 13.3 Å². The topological polar surface area (TPSA) is 75.6 Å². The lowest BCUT2D eigenvalue weighted by Gasteiger charge is -2.18. The Morgan fingerprint density at radius 3 is 2.82 bits per heavy atom. The summed E-state index contributed by atoms with van der Waals surface area (Å²) in [6, 6.07) is 12.6. The van der Waals surface area contributed by atoms with Crippen molar-refractivity contribution < 1.29 is 19.0 Å². The minimum absolute atomic E-state index is 0.503. The molecule has 2 aromatic carbocycles. The predicted molar refractivity (Wildman–Crippen MR) is 115 cm³/mol. The van der Waals surface area contributed by atoms with Crippen molar-refractivity contribution in [2.75, 3.05) is 13.8 Å². The molecule has 0 radical (unpaired) electrons. The molecule has 3 rings (SSSR count). The number of benzene rings is 2. The van der Waals surface area contributed by atoms with Crippen LogP contribution in [0.4, 0.5) is 0 Å². The molecule has 2 atom stereocenters. The lowest BCUT2D eigenvalue weighted by atomic mass is 10.1. The molecule has 1 aromatic heterocycles. The summed E-state index contributed by atoms with van der Waals surface area (Å²) in [6.07, 6.45) is 3.15. The van der Waals surface area contributed by atoms with Gasteiger partial charge in [-0.3, -0.25) is 9.36 Å². The first-order valence-corrected chi connectivity index (χ1v) is 11.8. The van der Waals surface area contributed by atoms with Crippen LogP contribution in [0, 0.1) is 0 Å². The second kappa shape index (κ2) is 8.50. The van der Waals surface area contributed by atoms with Crippen LogP contribution < -0.4 is 10.1 Å². The number of ether oxygens (including phenoxy) is 1. The van der Waals surface area contributed by atoms with Crippen LogP contribution in [-0.2, 0) is 9.36 Å². The third-order valence-electron chi connectivity index (χ3n) is 4.18. The van der Waals surface area contributed by atoms with E-state index in [-0.39, 0.29) is 0 Å². The smallest absolute Gasteiger partial charge is 0.241 e. The van der Waals surface area contributed by atoms with Crippen LogP contribution in [0.1, 0.15) is 16.8 Å². The summed E-state index contributed by atoms with van der Waals surface area (Å²) in [5, 5.41) is 5.58. The first-order valence-electron chi connectivity index (χ1n) is 8.37. The first kappa shape index (κ1) is 20.6. The fraction of sp³-hybridized carbons (Fsp3) is 0.150. The van der Waals surface area contributed by atoms with Crippen LogP contribution in [0.15, 0.2) is 54.0 Å². The second-order valence-corrected chi connectivity index (χ2v) is 10.0. The molecule has 0 fully saturated rings. The number of fused-ring (bicyclic) bond motifs is 1. The Morgan fingerprint density at radius 2 is 2.11 bits per heavy atom. The van der Waals surface area contributed by atoms with Gasteiger partial charge in [-0.1, -0.05) is 23.7 Å². The molecule has 0 saturated heterocycles. The van der Waals surface area contributed by atoms with Crippen LogP contribution in [0.2, 0.25) is 5.02 Å². The summed E-state index contributed by atoms with van der Waals surface area (Å²) in [6.45, 7) is 1.19. The minimum Gasteiger partial charge on any atom is -0.497 e. The Kier molecular flexibility index (Phi) is 6.26. The number of nitrogens with one attached hydrogen (secondary N) is 1. The van der Waals surface area contributed by atoms with E-state index in [4.69, 9.17) is 16.3 Å². The van der Waals surface area contributed by atoms with Gasteiger partial charge in [-0.15, -0.1) is 11.3 Å². The SMILES string of the molecule is COc1cccc(C=CNC(=O)C(c2csc3ccc(Cl)cc23)P(C)(=O)O)c1. The maximum absolute atomic E-state index is 12.8. The summed E-state index contributed by atoms with van der Waals surface area (Å²) in [5.41, 5.74) is 0.144. The highest BCUT2D eigenvalue weighted by atomic mass is 35.5. The van der Waals surface area contributed by atoms with Crippen LogP contribution in [-0.4, -0.2) is 24.6 Å². The van der Waals surface area contributed by atoms with Gasteiger partial charge in [0.15, 0.2) is 0 Å². The minimum atomic E-state index is -3.77. The molecule has 0 aliphatic heterocycles. The Bertz CT molecular complexity index is 1090. The number of rotatable bonds is 6. The van der Waals surface area contributed by atoms with E-state index < -0.39 is 18.9 Å². The predicted octanol–water partition coefficient (Wildman–Crippen LogP) is 5.29. The number of methoxy groups -OCH3 is 1. The fourth-order valence-corrected chi connectivity index (χ4v) is 5.37. The molecule has 28 heavy (non-hydrogen) atoms. The van der Waals surface area contributed by atoms with Gasteiger partial charge in [0.1, 0.15) is 11.4 Å². The average molecular weight is 436 g/mol. The van der Waals surface area contributed by atoms with Crippen molar-refractivity contribution in [3.63, 3.8) is 0 Å². The summed E-state index contributed by atoms with van der Waals surface area (Å²) in [7, 11) is -2.19. The molecule has 2 N–H and O–H groups in total. The average Bonchev–Trinajstić information content (AvgIpc) is 3.03. The molecule has 1 amide bonds. The second-order valence-electron chi connectivity index (χ2n) is 6.30. The van der Waals surface area contributed by atoms with Crippen molar-refractivity contribution in [2.24, 2.45) is 0 Å². The van der Waals surface area contributed by atoms with E-state index in [1.54, 1.807) is 30.7 Å². The van der Waals surface area contributed by atoms with Gasteiger partial charge in [-0.2, -0.15) is 0 Å². The van der Waals surface area contributed by atoms with Gasteiger partial charge in [-0.25, -0.2) is 0 Å². The molecular weight excluding hydrogens is 417 g/mol. The summed E-state index contributed by atoms with van der Waals surface area (Å²) in [4.78, 5) is 23.0. The zero-order chi connectivity index (χ0) is 20.3. The zero-order valence-corrected chi connectivity index (χ0v) is 17.7. The van der Waals surface area contributed by atoms with E-state index in [1.165, 1.54) is 24.2 Å². The molecule has 5 nitrogen and oxygen atoms in total. The molecule has 146 valence electrons. The lowest BCUT2D eigenvalue weighted by Crippen LogP contribution is -2.25. The fourth-order valence-electron chi connectivity index (χ4n) is 2.89. The molecule has 0 saturated carbocycles. The first-order chi connectivity index (χ1) is 13.3. The van der Waals surface area contributed by atoms with Crippen molar-refractivity contribution in [2.45, 2.75) is 5.66 Å². The molecule has 2 unspecified atom stereocenters. The van der Waals surface area contributed by atoms with E-state index in [2.05, 4.69) is 5.32 Å². The van der Waals surface area contributed by atoms with Crippen LogP contribution >= 0.6 is 30.3 Å². The lowest BCUT2D eigenvalue weighted by molar-refractivity contribution is -0.120. The van der Waals surface area contributed by atoms with E-state index in [0.29, 0.717) is 21.7 Å². The van der Waals surface area contributed by atoms with Crippen molar-refractivity contribution in [3.05, 3.63) is 70.2 Å². The molecule has 0 aliphatic carbocycles. The highest BCUT2D eigenvalue weighted by Gasteiger charge is 2.36. The maximum Gasteiger partial charge on any atom is 0.241 e.